The van der Waals surface area contributed by atoms with Crippen molar-refractivity contribution in [1.82, 2.24) is 15.5 Å². The second-order valence-electron chi connectivity index (χ2n) is 8.20. The molecule has 4 aliphatic rings. The molecule has 27 heavy (non-hydrogen) atoms. The molecule has 2 fully saturated rings. The van der Waals surface area contributed by atoms with Crippen molar-refractivity contribution in [2.45, 2.75) is 44.7 Å². The second-order valence-corrected chi connectivity index (χ2v) is 8.20. The molecule has 7 heteroatoms. The SMILES string of the molecule is O=C1CC[C@H](N2Cc3c(ccc4c3OCC3(CCNCC3)C4)C2=O)C(=O)N1. The van der Waals surface area contributed by atoms with E-state index in [1.807, 2.05) is 12.1 Å². The molecular formula is C20H23N3O4. The number of rotatable bonds is 1. The van der Waals surface area contributed by atoms with Gasteiger partial charge in [-0.05, 0) is 50.4 Å². The summed E-state index contributed by atoms with van der Waals surface area (Å²) in [5, 5.41) is 5.75. The number of carbonyl (C=O) groups excluding carboxylic acids is 3. The number of nitrogens with one attached hydrogen (secondary N) is 2. The smallest absolute Gasteiger partial charge is 0.255 e. The molecule has 1 atom stereocenters. The van der Waals surface area contributed by atoms with Crippen LogP contribution in [0.1, 0.15) is 47.2 Å². The standard InChI is InChI=1S/C20H23N3O4/c24-16-4-3-15(18(25)22-16)23-10-14-13(19(23)26)2-1-12-9-20(11-27-17(12)14)5-7-21-8-6-20/h1-2,15,21H,3-11H2,(H,22,24,25)/t15-/m0/s1. The molecule has 1 spiro atoms. The Kier molecular flexibility index (Phi) is 3.75. The fraction of sp³-hybridized carbons (Fsp3) is 0.550. The average molecular weight is 369 g/mol. The Bertz CT molecular complexity index is 844. The number of imide groups is 1. The second kappa shape index (κ2) is 6.05. The maximum absolute atomic E-state index is 12.9. The van der Waals surface area contributed by atoms with Gasteiger partial charge in [0.25, 0.3) is 5.91 Å². The van der Waals surface area contributed by atoms with Gasteiger partial charge < -0.3 is 15.0 Å². The van der Waals surface area contributed by atoms with E-state index in [2.05, 4.69) is 10.6 Å². The summed E-state index contributed by atoms with van der Waals surface area (Å²) < 4.78 is 6.23. The minimum Gasteiger partial charge on any atom is -0.492 e. The lowest BCUT2D eigenvalue weighted by Crippen LogP contribution is -2.52. The molecule has 0 radical (unpaired) electrons. The molecule has 0 bridgehead atoms. The number of nitrogens with zero attached hydrogens (tertiary/aromatic N) is 1. The van der Waals surface area contributed by atoms with Crippen LogP contribution in [0.4, 0.5) is 0 Å². The number of fused-ring (bicyclic) bond motifs is 3. The van der Waals surface area contributed by atoms with Gasteiger partial charge in [-0.15, -0.1) is 0 Å². The van der Waals surface area contributed by atoms with Crippen LogP contribution in [0.15, 0.2) is 12.1 Å². The maximum atomic E-state index is 12.9. The molecule has 142 valence electrons. The van der Waals surface area contributed by atoms with Crippen molar-refractivity contribution in [1.29, 1.82) is 0 Å². The summed E-state index contributed by atoms with van der Waals surface area (Å²) in [5.41, 5.74) is 2.88. The highest BCUT2D eigenvalue weighted by atomic mass is 16.5. The molecule has 1 aromatic rings. The van der Waals surface area contributed by atoms with Gasteiger partial charge in [-0.25, -0.2) is 0 Å². The zero-order valence-electron chi connectivity index (χ0n) is 15.2. The van der Waals surface area contributed by atoms with Crippen molar-refractivity contribution >= 4 is 17.7 Å². The number of amides is 3. The topological polar surface area (TPSA) is 87.7 Å². The molecule has 0 aliphatic carbocycles. The van der Waals surface area contributed by atoms with Crippen molar-refractivity contribution in [2.24, 2.45) is 5.41 Å². The average Bonchev–Trinajstić information content (AvgIpc) is 2.99. The molecule has 4 heterocycles. The minimum absolute atomic E-state index is 0.145. The predicted molar refractivity (Wildman–Crippen MR) is 96.2 cm³/mol. The van der Waals surface area contributed by atoms with E-state index in [4.69, 9.17) is 4.74 Å². The number of hydrogen-bond donors (Lipinski definition) is 2. The summed E-state index contributed by atoms with van der Waals surface area (Å²) in [7, 11) is 0. The summed E-state index contributed by atoms with van der Waals surface area (Å²) in [6.07, 6.45) is 3.82. The van der Waals surface area contributed by atoms with E-state index in [1.54, 1.807) is 4.90 Å². The number of ether oxygens (including phenoxy) is 1. The molecule has 0 unspecified atom stereocenters. The lowest BCUT2D eigenvalue weighted by atomic mass is 9.73. The van der Waals surface area contributed by atoms with Gasteiger partial charge in [-0.2, -0.15) is 0 Å². The van der Waals surface area contributed by atoms with Crippen molar-refractivity contribution in [2.75, 3.05) is 19.7 Å². The number of carbonyl (C=O) groups is 3. The molecule has 3 amide bonds. The molecule has 1 aromatic carbocycles. The van der Waals surface area contributed by atoms with Crippen LogP contribution in [0.2, 0.25) is 0 Å². The summed E-state index contributed by atoms with van der Waals surface area (Å²) in [5.74, 6) is 0.0390. The first-order valence-corrected chi connectivity index (χ1v) is 9.69. The zero-order valence-corrected chi connectivity index (χ0v) is 15.2. The Labute approximate surface area is 157 Å². The molecular weight excluding hydrogens is 346 g/mol. The van der Waals surface area contributed by atoms with Crippen LogP contribution in [-0.4, -0.2) is 48.4 Å². The summed E-state index contributed by atoms with van der Waals surface area (Å²) in [4.78, 5) is 38.1. The van der Waals surface area contributed by atoms with Crippen LogP contribution in [-0.2, 0) is 22.6 Å². The fourth-order valence-corrected chi connectivity index (χ4v) is 4.94. The number of benzene rings is 1. The van der Waals surface area contributed by atoms with Crippen molar-refractivity contribution in [3.05, 3.63) is 28.8 Å². The van der Waals surface area contributed by atoms with Crippen molar-refractivity contribution in [3.8, 4) is 5.75 Å². The third kappa shape index (κ3) is 2.64. The Morgan fingerprint density at radius 1 is 1.15 bits per heavy atom. The minimum atomic E-state index is -0.586. The Morgan fingerprint density at radius 3 is 2.74 bits per heavy atom. The first-order valence-electron chi connectivity index (χ1n) is 9.69. The first kappa shape index (κ1) is 16.7. The van der Waals surface area contributed by atoms with Crippen LogP contribution in [0.3, 0.4) is 0 Å². The van der Waals surface area contributed by atoms with Gasteiger partial charge in [0.2, 0.25) is 11.8 Å². The van der Waals surface area contributed by atoms with Gasteiger partial charge in [-0.1, -0.05) is 6.07 Å². The van der Waals surface area contributed by atoms with E-state index in [0.717, 1.165) is 43.7 Å². The van der Waals surface area contributed by atoms with Gasteiger partial charge in [0.15, 0.2) is 0 Å². The first-order chi connectivity index (χ1) is 13.1. The highest BCUT2D eigenvalue weighted by Crippen LogP contribution is 2.44. The van der Waals surface area contributed by atoms with Crippen LogP contribution in [0.25, 0.3) is 0 Å². The highest BCUT2D eigenvalue weighted by Gasteiger charge is 2.43. The molecule has 2 saturated heterocycles. The van der Waals surface area contributed by atoms with Gasteiger partial charge in [-0.3, -0.25) is 19.7 Å². The van der Waals surface area contributed by atoms with E-state index in [0.29, 0.717) is 25.1 Å². The fourth-order valence-electron chi connectivity index (χ4n) is 4.94. The third-order valence-electron chi connectivity index (χ3n) is 6.50. The quantitative estimate of drug-likeness (QED) is 0.714. The Balaban J connectivity index is 1.43. The van der Waals surface area contributed by atoms with Crippen LogP contribution < -0.4 is 15.4 Å². The molecule has 5 rings (SSSR count). The third-order valence-corrected chi connectivity index (χ3v) is 6.50. The van der Waals surface area contributed by atoms with Crippen LogP contribution in [0.5, 0.6) is 5.75 Å². The molecule has 7 nitrogen and oxygen atoms in total. The summed E-state index contributed by atoms with van der Waals surface area (Å²) in [6, 6.07) is 3.31. The lowest BCUT2D eigenvalue weighted by Gasteiger charge is -2.41. The predicted octanol–water partition coefficient (Wildman–Crippen LogP) is 0.752. The van der Waals surface area contributed by atoms with Gasteiger partial charge in [0.1, 0.15) is 11.8 Å². The monoisotopic (exact) mass is 369 g/mol. The molecule has 2 N–H and O–H groups in total. The van der Waals surface area contributed by atoms with Gasteiger partial charge in [0.05, 0.1) is 13.2 Å². The van der Waals surface area contributed by atoms with E-state index in [-0.39, 0.29) is 29.6 Å². The Hall–Kier alpha value is -2.41. The van der Waals surface area contributed by atoms with Crippen LogP contribution in [0, 0.1) is 5.41 Å². The van der Waals surface area contributed by atoms with Crippen molar-refractivity contribution < 1.29 is 19.1 Å². The van der Waals surface area contributed by atoms with E-state index in [9.17, 15) is 14.4 Å². The van der Waals surface area contributed by atoms with Gasteiger partial charge >= 0.3 is 0 Å². The van der Waals surface area contributed by atoms with E-state index >= 15 is 0 Å². The largest absolute Gasteiger partial charge is 0.492 e. The van der Waals surface area contributed by atoms with Crippen molar-refractivity contribution in [3.63, 3.8) is 0 Å². The van der Waals surface area contributed by atoms with E-state index in [1.165, 1.54) is 5.56 Å². The number of piperidine rings is 2. The zero-order chi connectivity index (χ0) is 18.6. The summed E-state index contributed by atoms with van der Waals surface area (Å²) >= 11 is 0. The summed E-state index contributed by atoms with van der Waals surface area (Å²) in [6.45, 7) is 3.10. The van der Waals surface area contributed by atoms with Crippen LogP contribution >= 0.6 is 0 Å². The maximum Gasteiger partial charge on any atom is 0.255 e. The lowest BCUT2D eigenvalue weighted by molar-refractivity contribution is -0.136. The van der Waals surface area contributed by atoms with E-state index < -0.39 is 6.04 Å². The number of hydrogen-bond acceptors (Lipinski definition) is 5. The Morgan fingerprint density at radius 2 is 1.96 bits per heavy atom. The molecule has 0 saturated carbocycles. The van der Waals surface area contributed by atoms with Gasteiger partial charge in [0, 0.05) is 23.0 Å². The normalized spacial score (nSPS) is 26.4. The molecule has 4 aliphatic heterocycles. The highest BCUT2D eigenvalue weighted by molar-refractivity contribution is 6.05. The molecule has 0 aromatic heterocycles.